The molecule has 0 unspecified atom stereocenters. The third-order valence-corrected chi connectivity index (χ3v) is 3.35. The van der Waals surface area contributed by atoms with Crippen LogP contribution in [0.3, 0.4) is 0 Å². The van der Waals surface area contributed by atoms with E-state index >= 15 is 0 Å². The number of nitrogens with one attached hydrogen (secondary N) is 1. The summed E-state index contributed by atoms with van der Waals surface area (Å²) >= 11 is 0. The predicted molar refractivity (Wildman–Crippen MR) is 60.8 cm³/mol. The molecule has 0 atom stereocenters. The van der Waals surface area contributed by atoms with Gasteiger partial charge in [-0.3, -0.25) is 10.3 Å². The molecule has 0 saturated heterocycles. The van der Waals surface area contributed by atoms with Crippen molar-refractivity contribution in [3.05, 3.63) is 0 Å². The normalized spacial score (nSPS) is 30.1. The molecule has 80 valence electrons. The fourth-order valence-electron chi connectivity index (χ4n) is 3.12. The minimum Gasteiger partial charge on any atom is -0.288 e. The van der Waals surface area contributed by atoms with Crippen LogP contribution >= 0.6 is 0 Å². The van der Waals surface area contributed by atoms with Gasteiger partial charge in [-0.25, -0.2) is 0 Å². The summed E-state index contributed by atoms with van der Waals surface area (Å²) in [7, 11) is 0. The smallest absolute Gasteiger partial charge is 0.111 e. The molecule has 1 N–H and O–H groups in total. The lowest BCUT2D eigenvalue weighted by Gasteiger charge is -2.45. The highest BCUT2D eigenvalue weighted by atomic mass is 15.2. The van der Waals surface area contributed by atoms with Crippen molar-refractivity contribution in [3.63, 3.8) is 0 Å². The molecule has 0 aromatic heterocycles. The number of rotatable bonds is 0. The van der Waals surface area contributed by atoms with Gasteiger partial charge in [-0.1, -0.05) is 6.42 Å². The Morgan fingerprint density at radius 2 is 1.79 bits per heavy atom. The van der Waals surface area contributed by atoms with Crippen molar-refractivity contribution in [2.75, 3.05) is 0 Å². The Balaban J connectivity index is 2.21. The Morgan fingerprint density at radius 1 is 1.14 bits per heavy atom. The highest BCUT2D eigenvalue weighted by Crippen LogP contribution is 2.35. The molecule has 2 aliphatic rings. The van der Waals surface area contributed by atoms with Crippen molar-refractivity contribution in [1.82, 2.24) is 5.32 Å². The molecule has 2 heteroatoms. The zero-order chi connectivity index (χ0) is 10.2. The second-order valence-corrected chi connectivity index (χ2v) is 5.62. The van der Waals surface area contributed by atoms with Gasteiger partial charge in [0, 0.05) is 17.7 Å². The standard InChI is InChI=1S/C12H22N2/c1-10-9-11(2,3)14-12(13-10)7-5-4-6-8-12/h14H,4-9H2,1-3H3. The molecule has 0 aromatic carbocycles. The number of aliphatic imine (C=N–C) groups is 1. The maximum Gasteiger partial charge on any atom is 0.111 e. The summed E-state index contributed by atoms with van der Waals surface area (Å²) in [5.74, 6) is 0. The summed E-state index contributed by atoms with van der Waals surface area (Å²) in [6.45, 7) is 6.77. The van der Waals surface area contributed by atoms with Crippen LogP contribution in [0, 0.1) is 0 Å². The summed E-state index contributed by atoms with van der Waals surface area (Å²) < 4.78 is 0. The van der Waals surface area contributed by atoms with E-state index in [1.165, 1.54) is 37.8 Å². The Bertz CT molecular complexity index is 247. The monoisotopic (exact) mass is 194 g/mol. The first kappa shape index (κ1) is 10.2. The van der Waals surface area contributed by atoms with E-state index in [-0.39, 0.29) is 11.2 Å². The average molecular weight is 194 g/mol. The van der Waals surface area contributed by atoms with Gasteiger partial charge in [0.1, 0.15) is 5.66 Å². The van der Waals surface area contributed by atoms with Gasteiger partial charge in [0.25, 0.3) is 0 Å². The number of hydrogen-bond acceptors (Lipinski definition) is 2. The van der Waals surface area contributed by atoms with E-state index < -0.39 is 0 Å². The highest BCUT2D eigenvalue weighted by Gasteiger charge is 2.39. The molecule has 0 radical (unpaired) electrons. The topological polar surface area (TPSA) is 24.4 Å². The fraction of sp³-hybridized carbons (Fsp3) is 0.917. The van der Waals surface area contributed by atoms with E-state index in [9.17, 15) is 0 Å². The summed E-state index contributed by atoms with van der Waals surface area (Å²) in [5.41, 5.74) is 1.67. The fourth-order valence-corrected chi connectivity index (χ4v) is 3.12. The molecular formula is C12H22N2. The van der Waals surface area contributed by atoms with E-state index in [4.69, 9.17) is 4.99 Å². The molecule has 1 aliphatic carbocycles. The van der Waals surface area contributed by atoms with Gasteiger partial charge in [-0.2, -0.15) is 0 Å². The molecule has 1 heterocycles. The summed E-state index contributed by atoms with van der Waals surface area (Å²) in [5, 5.41) is 3.75. The number of nitrogens with zero attached hydrogens (tertiary/aromatic N) is 1. The summed E-state index contributed by atoms with van der Waals surface area (Å²) in [6.07, 6.45) is 7.61. The lowest BCUT2D eigenvalue weighted by Crippen LogP contribution is -2.59. The molecule has 14 heavy (non-hydrogen) atoms. The Morgan fingerprint density at radius 3 is 2.36 bits per heavy atom. The molecular weight excluding hydrogens is 172 g/mol. The van der Waals surface area contributed by atoms with Crippen LogP contribution in [-0.2, 0) is 0 Å². The van der Waals surface area contributed by atoms with Crippen molar-refractivity contribution in [2.24, 2.45) is 4.99 Å². The maximum absolute atomic E-state index is 4.87. The van der Waals surface area contributed by atoms with E-state index in [1.54, 1.807) is 0 Å². The summed E-state index contributed by atoms with van der Waals surface area (Å²) in [4.78, 5) is 4.87. The van der Waals surface area contributed by atoms with Crippen LogP contribution in [-0.4, -0.2) is 16.9 Å². The van der Waals surface area contributed by atoms with Crippen molar-refractivity contribution in [3.8, 4) is 0 Å². The first-order chi connectivity index (χ1) is 6.52. The third-order valence-electron chi connectivity index (χ3n) is 3.35. The SMILES string of the molecule is CC1=NC2(CCCCC2)NC(C)(C)C1. The number of hydrogen-bond donors (Lipinski definition) is 1. The van der Waals surface area contributed by atoms with Gasteiger partial charge in [-0.15, -0.1) is 0 Å². The molecule has 2 nitrogen and oxygen atoms in total. The molecule has 1 spiro atoms. The van der Waals surface area contributed by atoms with Gasteiger partial charge >= 0.3 is 0 Å². The molecule has 1 fully saturated rings. The molecule has 2 rings (SSSR count). The van der Waals surface area contributed by atoms with Crippen LogP contribution < -0.4 is 5.32 Å². The van der Waals surface area contributed by atoms with E-state index in [0.29, 0.717) is 0 Å². The molecule has 1 saturated carbocycles. The van der Waals surface area contributed by atoms with E-state index in [2.05, 4.69) is 26.1 Å². The molecule has 0 bridgehead atoms. The van der Waals surface area contributed by atoms with Crippen molar-refractivity contribution in [1.29, 1.82) is 0 Å². The largest absolute Gasteiger partial charge is 0.288 e. The van der Waals surface area contributed by atoms with Crippen molar-refractivity contribution in [2.45, 2.75) is 70.5 Å². The van der Waals surface area contributed by atoms with Crippen LogP contribution in [0.1, 0.15) is 59.3 Å². The Labute approximate surface area is 87.2 Å². The lowest BCUT2D eigenvalue weighted by atomic mass is 9.83. The van der Waals surface area contributed by atoms with Gasteiger partial charge in [0.05, 0.1) is 0 Å². The van der Waals surface area contributed by atoms with E-state index in [1.807, 2.05) is 0 Å². The zero-order valence-corrected chi connectivity index (χ0v) is 9.69. The van der Waals surface area contributed by atoms with Crippen LogP contribution in [0.5, 0.6) is 0 Å². The van der Waals surface area contributed by atoms with Crippen LogP contribution in [0.2, 0.25) is 0 Å². The Hall–Kier alpha value is -0.370. The van der Waals surface area contributed by atoms with Crippen LogP contribution in [0.4, 0.5) is 0 Å². The second kappa shape index (κ2) is 3.34. The third kappa shape index (κ3) is 2.00. The van der Waals surface area contributed by atoms with Gasteiger partial charge in [0.15, 0.2) is 0 Å². The minimum absolute atomic E-state index is 0.101. The van der Waals surface area contributed by atoms with Crippen LogP contribution in [0.25, 0.3) is 0 Å². The van der Waals surface area contributed by atoms with Gasteiger partial charge < -0.3 is 0 Å². The quantitative estimate of drug-likeness (QED) is 0.630. The molecule has 0 aromatic rings. The predicted octanol–water partition coefficient (Wildman–Crippen LogP) is 2.88. The van der Waals surface area contributed by atoms with Gasteiger partial charge in [0.2, 0.25) is 0 Å². The van der Waals surface area contributed by atoms with Crippen LogP contribution in [0.15, 0.2) is 4.99 Å². The highest BCUT2D eigenvalue weighted by molar-refractivity contribution is 5.84. The molecule has 1 aliphatic heterocycles. The first-order valence-electron chi connectivity index (χ1n) is 5.86. The molecule has 0 amide bonds. The minimum atomic E-state index is 0.101. The Kier molecular flexibility index (Phi) is 2.42. The second-order valence-electron chi connectivity index (χ2n) is 5.62. The van der Waals surface area contributed by atoms with E-state index in [0.717, 1.165) is 6.42 Å². The van der Waals surface area contributed by atoms with Crippen molar-refractivity contribution >= 4 is 5.71 Å². The first-order valence-corrected chi connectivity index (χ1v) is 5.86. The maximum atomic E-state index is 4.87. The zero-order valence-electron chi connectivity index (χ0n) is 9.69. The van der Waals surface area contributed by atoms with Crippen molar-refractivity contribution < 1.29 is 0 Å². The van der Waals surface area contributed by atoms with Gasteiger partial charge in [-0.05, 0) is 46.5 Å². The lowest BCUT2D eigenvalue weighted by molar-refractivity contribution is 0.170. The summed E-state index contributed by atoms with van der Waals surface area (Å²) in [6, 6.07) is 0. The average Bonchev–Trinajstić information content (AvgIpc) is 2.00.